The van der Waals surface area contributed by atoms with Crippen LogP contribution in [0.5, 0.6) is 5.75 Å². The van der Waals surface area contributed by atoms with E-state index in [4.69, 9.17) is 16.3 Å². The lowest BCUT2D eigenvalue weighted by molar-refractivity contribution is -0.384. The topological polar surface area (TPSA) is 83.1 Å². The van der Waals surface area contributed by atoms with Crippen molar-refractivity contribution in [2.75, 3.05) is 0 Å². The number of non-ortho nitro benzene ring substituents is 1. The molecule has 0 aliphatic rings. The van der Waals surface area contributed by atoms with Crippen molar-refractivity contribution >= 4 is 29.1 Å². The van der Waals surface area contributed by atoms with E-state index in [-0.39, 0.29) is 12.3 Å². The summed E-state index contributed by atoms with van der Waals surface area (Å²) >= 11 is 7.57. The maximum atomic E-state index is 10.7. The Morgan fingerprint density at radius 2 is 1.92 bits per heavy atom. The largest absolute Gasteiger partial charge is 0.484 e. The Morgan fingerprint density at radius 1 is 1.19 bits per heavy atom. The second-order valence-electron chi connectivity index (χ2n) is 5.39. The molecule has 3 aromatic rings. The predicted octanol–water partition coefficient (Wildman–Crippen LogP) is 4.25. The first-order valence-electron chi connectivity index (χ1n) is 7.66. The third-order valence-corrected chi connectivity index (χ3v) is 5.04. The molecule has 134 valence electrons. The Morgan fingerprint density at radius 3 is 2.62 bits per heavy atom. The van der Waals surface area contributed by atoms with Crippen molar-refractivity contribution in [2.45, 2.75) is 17.5 Å². The van der Waals surface area contributed by atoms with Crippen LogP contribution in [0.3, 0.4) is 0 Å². The SMILES string of the molecule is Cn1c(COc2ccccc2Cl)nnc1SCc1ccc([N+](=O)[O-])cc1. The summed E-state index contributed by atoms with van der Waals surface area (Å²) in [5.74, 6) is 1.91. The average Bonchev–Trinajstić information content (AvgIpc) is 2.99. The molecular formula is C17H15ClN4O3S. The fourth-order valence-electron chi connectivity index (χ4n) is 2.16. The number of hydrogen-bond acceptors (Lipinski definition) is 6. The Hall–Kier alpha value is -2.58. The van der Waals surface area contributed by atoms with Crippen LogP contribution in [0.1, 0.15) is 11.4 Å². The number of halogens is 1. The summed E-state index contributed by atoms with van der Waals surface area (Å²) in [6, 6.07) is 13.7. The lowest BCUT2D eigenvalue weighted by Gasteiger charge is -2.07. The average molecular weight is 391 g/mol. The van der Waals surface area contributed by atoms with Gasteiger partial charge in [0.15, 0.2) is 11.0 Å². The molecule has 0 fully saturated rings. The van der Waals surface area contributed by atoms with Gasteiger partial charge in [-0.05, 0) is 17.7 Å². The fourth-order valence-corrected chi connectivity index (χ4v) is 3.24. The molecule has 0 amide bonds. The zero-order valence-corrected chi connectivity index (χ0v) is 15.4. The van der Waals surface area contributed by atoms with E-state index in [1.165, 1.54) is 23.9 Å². The van der Waals surface area contributed by atoms with Crippen molar-refractivity contribution in [3.63, 3.8) is 0 Å². The van der Waals surface area contributed by atoms with Crippen molar-refractivity contribution in [3.05, 3.63) is 75.1 Å². The maximum absolute atomic E-state index is 10.7. The van der Waals surface area contributed by atoms with Crippen LogP contribution in [-0.2, 0) is 19.4 Å². The Balaban J connectivity index is 1.60. The van der Waals surface area contributed by atoms with Gasteiger partial charge in [-0.2, -0.15) is 0 Å². The molecular weight excluding hydrogens is 376 g/mol. The molecule has 0 N–H and O–H groups in total. The van der Waals surface area contributed by atoms with E-state index in [0.29, 0.717) is 22.3 Å². The summed E-state index contributed by atoms with van der Waals surface area (Å²) in [5.41, 5.74) is 1.05. The molecule has 0 bridgehead atoms. The van der Waals surface area contributed by atoms with Crippen molar-refractivity contribution in [1.82, 2.24) is 14.8 Å². The number of nitro groups is 1. The van der Waals surface area contributed by atoms with E-state index in [2.05, 4.69) is 10.2 Å². The molecule has 0 saturated heterocycles. The monoisotopic (exact) mass is 390 g/mol. The van der Waals surface area contributed by atoms with Gasteiger partial charge in [0.25, 0.3) is 5.69 Å². The van der Waals surface area contributed by atoms with Gasteiger partial charge in [0.2, 0.25) is 0 Å². The van der Waals surface area contributed by atoms with Gasteiger partial charge < -0.3 is 9.30 Å². The fraction of sp³-hybridized carbons (Fsp3) is 0.176. The van der Waals surface area contributed by atoms with Crippen LogP contribution in [0.2, 0.25) is 5.02 Å². The van der Waals surface area contributed by atoms with Crippen molar-refractivity contribution in [2.24, 2.45) is 7.05 Å². The summed E-state index contributed by atoms with van der Waals surface area (Å²) in [7, 11) is 1.86. The van der Waals surface area contributed by atoms with Crippen LogP contribution < -0.4 is 4.74 Å². The molecule has 0 atom stereocenters. The first-order chi connectivity index (χ1) is 12.5. The van der Waals surface area contributed by atoms with Gasteiger partial charge in [-0.3, -0.25) is 10.1 Å². The van der Waals surface area contributed by atoms with Gasteiger partial charge >= 0.3 is 0 Å². The zero-order chi connectivity index (χ0) is 18.5. The number of nitro benzene ring substituents is 1. The summed E-state index contributed by atoms with van der Waals surface area (Å²) in [6.45, 7) is 0.255. The van der Waals surface area contributed by atoms with Crippen LogP contribution in [0.4, 0.5) is 5.69 Å². The number of aromatic nitrogens is 3. The smallest absolute Gasteiger partial charge is 0.269 e. The highest BCUT2D eigenvalue weighted by Gasteiger charge is 2.11. The minimum atomic E-state index is -0.412. The molecule has 3 rings (SSSR count). The number of nitrogens with zero attached hydrogens (tertiary/aromatic N) is 4. The Bertz CT molecular complexity index is 915. The first-order valence-corrected chi connectivity index (χ1v) is 9.02. The molecule has 26 heavy (non-hydrogen) atoms. The quantitative estimate of drug-likeness (QED) is 0.340. The number of ether oxygens (including phenoxy) is 1. The Kier molecular flexibility index (Phi) is 5.75. The highest BCUT2D eigenvalue weighted by molar-refractivity contribution is 7.98. The van der Waals surface area contributed by atoms with E-state index in [1.807, 2.05) is 23.7 Å². The van der Waals surface area contributed by atoms with Gasteiger partial charge in [-0.15, -0.1) is 10.2 Å². The van der Waals surface area contributed by atoms with E-state index >= 15 is 0 Å². The maximum Gasteiger partial charge on any atom is 0.269 e. The van der Waals surface area contributed by atoms with E-state index < -0.39 is 4.92 Å². The summed E-state index contributed by atoms with van der Waals surface area (Å²) < 4.78 is 7.54. The van der Waals surface area contributed by atoms with Crippen molar-refractivity contribution < 1.29 is 9.66 Å². The molecule has 0 saturated carbocycles. The van der Waals surface area contributed by atoms with Gasteiger partial charge in [0.05, 0.1) is 9.95 Å². The number of hydrogen-bond donors (Lipinski definition) is 0. The lowest BCUT2D eigenvalue weighted by atomic mass is 10.2. The highest BCUT2D eigenvalue weighted by Crippen LogP contribution is 2.25. The van der Waals surface area contributed by atoms with Gasteiger partial charge in [0.1, 0.15) is 12.4 Å². The second-order valence-corrected chi connectivity index (χ2v) is 6.74. The first kappa shape index (κ1) is 18.2. The number of para-hydroxylation sites is 1. The van der Waals surface area contributed by atoms with Crippen LogP contribution in [0.25, 0.3) is 0 Å². The zero-order valence-electron chi connectivity index (χ0n) is 13.8. The normalized spacial score (nSPS) is 10.7. The van der Waals surface area contributed by atoms with E-state index in [9.17, 15) is 10.1 Å². The second kappa shape index (κ2) is 8.20. The third-order valence-electron chi connectivity index (χ3n) is 3.63. The van der Waals surface area contributed by atoms with Gasteiger partial charge in [-0.1, -0.05) is 47.6 Å². The van der Waals surface area contributed by atoms with E-state index in [0.717, 1.165) is 10.7 Å². The highest BCUT2D eigenvalue weighted by atomic mass is 35.5. The van der Waals surface area contributed by atoms with Gasteiger partial charge in [-0.25, -0.2) is 0 Å². The van der Waals surface area contributed by atoms with Crippen LogP contribution >= 0.6 is 23.4 Å². The van der Waals surface area contributed by atoms with Gasteiger partial charge in [0, 0.05) is 24.9 Å². The lowest BCUT2D eigenvalue weighted by Crippen LogP contribution is -2.04. The molecule has 9 heteroatoms. The molecule has 2 aromatic carbocycles. The molecule has 0 unspecified atom stereocenters. The van der Waals surface area contributed by atoms with Crippen molar-refractivity contribution in [3.8, 4) is 5.75 Å². The summed E-state index contributed by atoms with van der Waals surface area (Å²) in [6.07, 6.45) is 0. The molecule has 0 aliphatic carbocycles. The number of thioether (sulfide) groups is 1. The standard InChI is InChI=1S/C17H15ClN4O3S/c1-21-16(10-25-15-5-3-2-4-14(15)18)19-20-17(21)26-11-12-6-8-13(9-7-12)22(23)24/h2-9H,10-11H2,1H3. The van der Waals surface area contributed by atoms with Crippen molar-refractivity contribution in [1.29, 1.82) is 0 Å². The molecule has 0 radical (unpaired) electrons. The predicted molar refractivity (Wildman–Crippen MR) is 99.4 cm³/mol. The molecule has 7 nitrogen and oxygen atoms in total. The van der Waals surface area contributed by atoms with Crippen LogP contribution in [0.15, 0.2) is 53.7 Å². The number of rotatable bonds is 7. The van der Waals surface area contributed by atoms with E-state index in [1.54, 1.807) is 24.3 Å². The molecule has 0 spiro atoms. The summed E-state index contributed by atoms with van der Waals surface area (Å²) in [5, 5.41) is 20.3. The molecule has 1 heterocycles. The minimum Gasteiger partial charge on any atom is -0.484 e. The van der Waals surface area contributed by atoms with Crippen LogP contribution in [-0.4, -0.2) is 19.7 Å². The minimum absolute atomic E-state index is 0.0800. The molecule has 0 aliphatic heterocycles. The number of benzene rings is 2. The Labute approximate surface area is 159 Å². The third kappa shape index (κ3) is 4.33. The summed E-state index contributed by atoms with van der Waals surface area (Å²) in [4.78, 5) is 10.3. The van der Waals surface area contributed by atoms with Crippen LogP contribution in [0, 0.1) is 10.1 Å². The molecule has 1 aromatic heterocycles.